The minimum absolute atomic E-state index is 0.00485. The Balaban J connectivity index is 2.49. The monoisotopic (exact) mass is 372 g/mol. The van der Waals surface area contributed by atoms with E-state index in [-0.39, 0.29) is 9.86 Å². The lowest BCUT2D eigenvalue weighted by molar-refractivity contribution is -0.141. The number of nitriles is 1. The van der Waals surface area contributed by atoms with Gasteiger partial charge in [0.25, 0.3) is 0 Å². The van der Waals surface area contributed by atoms with Gasteiger partial charge in [0, 0.05) is 6.26 Å². The van der Waals surface area contributed by atoms with Gasteiger partial charge in [-0.05, 0) is 18.2 Å². The summed E-state index contributed by atoms with van der Waals surface area (Å²) >= 11 is 0.814. The molecule has 2 aromatic heterocycles. The summed E-state index contributed by atoms with van der Waals surface area (Å²) in [5, 5.41) is 16.9. The molecule has 0 spiro atoms. The first-order valence-electron chi connectivity index (χ1n) is 6.25. The van der Waals surface area contributed by atoms with Crippen LogP contribution >= 0.6 is 11.3 Å². The third-order valence-corrected chi connectivity index (χ3v) is 5.39. The van der Waals surface area contributed by atoms with Gasteiger partial charge in [-0.3, -0.25) is 9.81 Å². The summed E-state index contributed by atoms with van der Waals surface area (Å²) < 4.78 is 63.8. The van der Waals surface area contributed by atoms with Crippen LogP contribution in [0.25, 0.3) is 15.2 Å². The third-order valence-electron chi connectivity index (χ3n) is 3.28. The van der Waals surface area contributed by atoms with E-state index in [4.69, 9.17) is 10.7 Å². The molecule has 0 bridgehead atoms. The molecule has 124 valence electrons. The summed E-state index contributed by atoms with van der Waals surface area (Å²) in [7, 11) is -3.49. The van der Waals surface area contributed by atoms with Crippen molar-refractivity contribution in [3.05, 3.63) is 34.9 Å². The second-order valence-electron chi connectivity index (χ2n) is 4.92. The van der Waals surface area contributed by atoms with E-state index in [0.29, 0.717) is 10.2 Å². The molecule has 1 N–H and O–H groups in total. The van der Waals surface area contributed by atoms with Crippen LogP contribution in [-0.2, 0) is 16.0 Å². The van der Waals surface area contributed by atoms with Crippen LogP contribution in [0.4, 0.5) is 13.2 Å². The van der Waals surface area contributed by atoms with E-state index >= 15 is 0 Å². The Kier molecular flexibility index (Phi) is 3.43. The molecular weight excluding hydrogens is 365 g/mol. The summed E-state index contributed by atoms with van der Waals surface area (Å²) in [6.45, 7) is 0. The van der Waals surface area contributed by atoms with Gasteiger partial charge in [0.15, 0.2) is 26.0 Å². The second-order valence-corrected chi connectivity index (χ2v) is 7.94. The first kappa shape index (κ1) is 16.4. The summed E-state index contributed by atoms with van der Waals surface area (Å²) in [4.78, 5) is 3.33. The van der Waals surface area contributed by atoms with Crippen molar-refractivity contribution in [2.75, 3.05) is 6.26 Å². The van der Waals surface area contributed by atoms with E-state index in [2.05, 4.69) is 4.98 Å². The van der Waals surface area contributed by atoms with Crippen LogP contribution in [-0.4, -0.2) is 24.1 Å². The Morgan fingerprint density at radius 3 is 2.58 bits per heavy atom. The number of nitrogens with one attached hydrogen (secondary N) is 1. The van der Waals surface area contributed by atoms with E-state index in [1.54, 1.807) is 0 Å². The molecule has 1 aromatic carbocycles. The van der Waals surface area contributed by atoms with E-state index in [9.17, 15) is 21.6 Å². The number of sulfone groups is 1. The van der Waals surface area contributed by atoms with Crippen molar-refractivity contribution in [2.45, 2.75) is 11.1 Å². The summed E-state index contributed by atoms with van der Waals surface area (Å²) in [6.07, 6.45) is -3.86. The molecule has 11 heteroatoms. The molecule has 0 aliphatic carbocycles. The SMILES string of the molecule is CS(=O)(=O)c1ccc2c(c1)sc1nc(C(F)(F)F)c(C#N)c(=N)n12. The Bertz CT molecular complexity index is 1200. The molecule has 3 aromatic rings. The van der Waals surface area contributed by atoms with Crippen LogP contribution in [0.2, 0.25) is 0 Å². The molecule has 0 amide bonds. The van der Waals surface area contributed by atoms with Crippen molar-refractivity contribution >= 4 is 36.4 Å². The second kappa shape index (κ2) is 5.02. The van der Waals surface area contributed by atoms with Crippen LogP contribution in [0.1, 0.15) is 11.3 Å². The number of halogens is 3. The number of hydrogen-bond acceptors (Lipinski definition) is 6. The molecule has 0 unspecified atom stereocenters. The lowest BCUT2D eigenvalue weighted by Crippen LogP contribution is -2.24. The molecule has 0 fully saturated rings. The van der Waals surface area contributed by atoms with Gasteiger partial charge >= 0.3 is 6.18 Å². The standard InChI is InChI=1S/C13H7F3N4O2S2/c1-24(21,22)6-2-3-8-9(4-6)23-12-19-10(13(14,15)16)7(5-17)11(18)20(8)12/h2-4,18H,1H3. The first-order chi connectivity index (χ1) is 11.0. The first-order valence-corrected chi connectivity index (χ1v) is 8.96. The highest BCUT2D eigenvalue weighted by molar-refractivity contribution is 7.90. The topological polar surface area (TPSA) is 99.1 Å². The number of nitrogens with zero attached hydrogens (tertiary/aromatic N) is 3. The maximum absolute atomic E-state index is 13.0. The lowest BCUT2D eigenvalue weighted by Gasteiger charge is -2.08. The smallest absolute Gasteiger partial charge is 0.283 e. The summed E-state index contributed by atoms with van der Waals surface area (Å²) in [6, 6.07) is 5.35. The van der Waals surface area contributed by atoms with Crippen molar-refractivity contribution in [2.24, 2.45) is 0 Å². The molecule has 0 saturated heterocycles. The van der Waals surface area contributed by atoms with Crippen LogP contribution < -0.4 is 5.49 Å². The zero-order valence-corrected chi connectivity index (χ0v) is 13.5. The zero-order chi connectivity index (χ0) is 17.9. The van der Waals surface area contributed by atoms with E-state index in [0.717, 1.165) is 22.0 Å². The summed E-state index contributed by atoms with van der Waals surface area (Å²) in [5.41, 5.74) is -2.64. The van der Waals surface area contributed by atoms with Gasteiger partial charge in [-0.15, -0.1) is 0 Å². The molecule has 0 aliphatic rings. The van der Waals surface area contributed by atoms with Crippen molar-refractivity contribution < 1.29 is 21.6 Å². The number of aromatic nitrogens is 2. The van der Waals surface area contributed by atoms with Gasteiger partial charge in [-0.25, -0.2) is 13.4 Å². The maximum atomic E-state index is 13.0. The highest BCUT2D eigenvalue weighted by Crippen LogP contribution is 2.32. The number of benzene rings is 1. The quantitative estimate of drug-likeness (QED) is 0.709. The van der Waals surface area contributed by atoms with Gasteiger partial charge in [0.05, 0.1) is 15.1 Å². The Morgan fingerprint density at radius 1 is 1.38 bits per heavy atom. The highest BCUT2D eigenvalue weighted by Gasteiger charge is 2.37. The largest absolute Gasteiger partial charge is 0.434 e. The zero-order valence-electron chi connectivity index (χ0n) is 11.8. The minimum Gasteiger partial charge on any atom is -0.283 e. The maximum Gasteiger partial charge on any atom is 0.434 e. The fraction of sp³-hybridized carbons (Fsp3) is 0.154. The molecule has 0 saturated carbocycles. The van der Waals surface area contributed by atoms with E-state index in [1.807, 2.05) is 0 Å². The average Bonchev–Trinajstić information content (AvgIpc) is 2.82. The fourth-order valence-corrected chi connectivity index (χ4v) is 4.00. The lowest BCUT2D eigenvalue weighted by atomic mass is 10.2. The van der Waals surface area contributed by atoms with Crippen molar-refractivity contribution in [1.29, 1.82) is 10.7 Å². The van der Waals surface area contributed by atoms with Crippen molar-refractivity contribution in [1.82, 2.24) is 9.38 Å². The van der Waals surface area contributed by atoms with Gasteiger partial charge in [-0.2, -0.15) is 18.4 Å². The third kappa shape index (κ3) is 2.44. The Morgan fingerprint density at radius 2 is 2.04 bits per heavy atom. The van der Waals surface area contributed by atoms with Crippen molar-refractivity contribution in [3.63, 3.8) is 0 Å². The van der Waals surface area contributed by atoms with E-state index < -0.39 is 32.8 Å². The molecule has 0 aliphatic heterocycles. The molecule has 0 atom stereocenters. The number of alkyl halides is 3. The predicted octanol–water partition coefficient (Wildman–Crippen LogP) is 2.32. The number of thiazole rings is 1. The van der Waals surface area contributed by atoms with Crippen LogP contribution in [0.15, 0.2) is 23.1 Å². The van der Waals surface area contributed by atoms with Gasteiger partial charge < -0.3 is 0 Å². The van der Waals surface area contributed by atoms with Crippen molar-refractivity contribution in [3.8, 4) is 6.07 Å². The van der Waals surface area contributed by atoms with E-state index in [1.165, 1.54) is 24.3 Å². The Labute approximate surface area is 136 Å². The molecule has 2 heterocycles. The Hall–Kier alpha value is -2.45. The van der Waals surface area contributed by atoms with Gasteiger partial charge in [0.2, 0.25) is 0 Å². The molecule has 24 heavy (non-hydrogen) atoms. The molecule has 6 nitrogen and oxygen atoms in total. The van der Waals surface area contributed by atoms with Crippen LogP contribution in [0, 0.1) is 16.7 Å². The molecule has 0 radical (unpaired) electrons. The predicted molar refractivity (Wildman–Crippen MR) is 79.3 cm³/mol. The van der Waals surface area contributed by atoms with Gasteiger partial charge in [0.1, 0.15) is 11.6 Å². The minimum atomic E-state index is -4.87. The average molecular weight is 372 g/mol. The van der Waals surface area contributed by atoms with Crippen LogP contribution in [0.5, 0.6) is 0 Å². The number of fused-ring (bicyclic) bond motifs is 3. The molecular formula is C13H7F3N4O2S2. The highest BCUT2D eigenvalue weighted by atomic mass is 32.2. The number of rotatable bonds is 1. The van der Waals surface area contributed by atoms with Gasteiger partial charge in [-0.1, -0.05) is 11.3 Å². The van der Waals surface area contributed by atoms with Crippen LogP contribution in [0.3, 0.4) is 0 Å². The summed E-state index contributed by atoms with van der Waals surface area (Å²) in [5.74, 6) is 0. The number of hydrogen-bond donors (Lipinski definition) is 1. The fourth-order valence-electron chi connectivity index (χ4n) is 2.21. The molecule has 3 rings (SSSR count). The normalized spacial score (nSPS) is 12.6.